The minimum absolute atomic E-state index is 0.0796. The number of hydrogen-bond donors (Lipinski definition) is 3. The predicted octanol–water partition coefficient (Wildman–Crippen LogP) is 1.21. The molecule has 0 aromatic heterocycles. The van der Waals surface area contributed by atoms with Crippen LogP contribution in [0.2, 0.25) is 0 Å². The molecule has 8 heteroatoms. The van der Waals surface area contributed by atoms with Crippen molar-refractivity contribution < 1.29 is 18.3 Å². The average molecular weight is 369 g/mol. The largest absolute Gasteiger partial charge is 0.393 e. The number of urea groups is 1. The second-order valence-corrected chi connectivity index (χ2v) is 8.14. The molecule has 0 radical (unpaired) electrons. The third kappa shape index (κ3) is 5.42. The Labute approximate surface area is 149 Å². The van der Waals surface area contributed by atoms with Gasteiger partial charge in [0.05, 0.1) is 11.0 Å². The van der Waals surface area contributed by atoms with Gasteiger partial charge < -0.3 is 15.3 Å². The number of benzene rings is 1. The lowest BCUT2D eigenvalue weighted by atomic mass is 10.0. The molecule has 140 valence electrons. The van der Waals surface area contributed by atoms with E-state index in [9.17, 15) is 18.3 Å². The summed E-state index contributed by atoms with van der Waals surface area (Å²) in [7, 11) is -3.59. The second-order valence-electron chi connectivity index (χ2n) is 6.37. The topological polar surface area (TPSA) is 98.7 Å². The molecule has 0 saturated heterocycles. The van der Waals surface area contributed by atoms with Crippen LogP contribution < -0.4 is 10.0 Å². The molecule has 1 heterocycles. The maximum atomic E-state index is 12.3. The summed E-state index contributed by atoms with van der Waals surface area (Å²) in [4.78, 5) is 14.0. The van der Waals surface area contributed by atoms with Gasteiger partial charge in [0.2, 0.25) is 10.0 Å². The summed E-state index contributed by atoms with van der Waals surface area (Å²) < 4.78 is 27.1. The summed E-state index contributed by atoms with van der Waals surface area (Å²) in [6.45, 7) is 5.53. The molecule has 0 fully saturated rings. The molecule has 1 aliphatic heterocycles. The standard InChI is InChI=1S/C17H27N3O4S/c1-3-8-18-17(22)20-10-7-14-11-16(5-4-15(14)12-20)25(23,24)19-9-6-13(2)21/h4-5,11,13,19,21H,3,6-10,12H2,1-2H3,(H,18,22). The van der Waals surface area contributed by atoms with E-state index in [0.717, 1.165) is 17.5 Å². The van der Waals surface area contributed by atoms with Crippen LogP contribution >= 0.6 is 0 Å². The maximum absolute atomic E-state index is 12.3. The highest BCUT2D eigenvalue weighted by molar-refractivity contribution is 7.89. The van der Waals surface area contributed by atoms with Gasteiger partial charge in [-0.05, 0) is 49.4 Å². The lowest BCUT2D eigenvalue weighted by molar-refractivity contribution is 0.186. The van der Waals surface area contributed by atoms with Crippen LogP contribution in [0, 0.1) is 0 Å². The highest BCUT2D eigenvalue weighted by Gasteiger charge is 2.22. The second kappa shape index (κ2) is 8.64. The number of aliphatic hydroxyl groups excluding tert-OH is 1. The Balaban J connectivity index is 2.05. The zero-order valence-corrected chi connectivity index (χ0v) is 15.6. The van der Waals surface area contributed by atoms with Crippen LogP contribution in [0.4, 0.5) is 4.79 Å². The number of carbonyl (C=O) groups excluding carboxylic acids is 1. The Bertz CT molecular complexity index is 704. The van der Waals surface area contributed by atoms with Crippen molar-refractivity contribution in [2.24, 2.45) is 0 Å². The van der Waals surface area contributed by atoms with Gasteiger partial charge in [0.15, 0.2) is 0 Å². The summed E-state index contributed by atoms with van der Waals surface area (Å²) in [5.41, 5.74) is 1.93. The smallest absolute Gasteiger partial charge is 0.317 e. The Hall–Kier alpha value is -1.64. The number of hydrogen-bond acceptors (Lipinski definition) is 4. The van der Waals surface area contributed by atoms with Gasteiger partial charge in [-0.15, -0.1) is 0 Å². The predicted molar refractivity (Wildman–Crippen MR) is 95.7 cm³/mol. The molecule has 2 rings (SSSR count). The van der Waals surface area contributed by atoms with Gasteiger partial charge in [-0.3, -0.25) is 0 Å². The van der Waals surface area contributed by atoms with Gasteiger partial charge >= 0.3 is 6.03 Å². The molecule has 0 saturated carbocycles. The summed E-state index contributed by atoms with van der Waals surface area (Å²) in [6.07, 6.45) is 1.34. The summed E-state index contributed by atoms with van der Waals surface area (Å²) in [6, 6.07) is 4.94. The molecular formula is C17H27N3O4S. The fourth-order valence-corrected chi connectivity index (χ4v) is 3.80. The van der Waals surface area contributed by atoms with Crippen molar-refractivity contribution in [2.45, 2.75) is 50.7 Å². The van der Waals surface area contributed by atoms with Crippen molar-refractivity contribution in [3.05, 3.63) is 29.3 Å². The van der Waals surface area contributed by atoms with E-state index in [1.54, 1.807) is 30.0 Å². The van der Waals surface area contributed by atoms with Gasteiger partial charge in [0, 0.05) is 26.2 Å². The van der Waals surface area contributed by atoms with Crippen molar-refractivity contribution in [2.75, 3.05) is 19.6 Å². The number of fused-ring (bicyclic) bond motifs is 1. The molecule has 0 bridgehead atoms. The van der Waals surface area contributed by atoms with Gasteiger partial charge in [-0.25, -0.2) is 17.9 Å². The van der Waals surface area contributed by atoms with E-state index in [1.807, 2.05) is 6.92 Å². The van der Waals surface area contributed by atoms with Crippen molar-refractivity contribution in [3.63, 3.8) is 0 Å². The number of amides is 2. The molecule has 25 heavy (non-hydrogen) atoms. The van der Waals surface area contributed by atoms with Crippen LogP contribution in [0.5, 0.6) is 0 Å². The average Bonchev–Trinajstić information content (AvgIpc) is 2.58. The Kier molecular flexibility index (Phi) is 6.80. The Morgan fingerprint density at radius 2 is 2.08 bits per heavy atom. The Morgan fingerprint density at radius 1 is 1.32 bits per heavy atom. The molecular weight excluding hydrogens is 342 g/mol. The highest BCUT2D eigenvalue weighted by atomic mass is 32.2. The number of nitrogens with one attached hydrogen (secondary N) is 2. The first-order valence-electron chi connectivity index (χ1n) is 8.65. The first-order chi connectivity index (χ1) is 11.8. The molecule has 3 N–H and O–H groups in total. The van der Waals surface area contributed by atoms with Crippen LogP contribution in [-0.4, -0.2) is 50.2 Å². The van der Waals surface area contributed by atoms with Crippen LogP contribution in [0.15, 0.2) is 23.1 Å². The summed E-state index contributed by atoms with van der Waals surface area (Å²) in [5, 5.41) is 12.1. The monoisotopic (exact) mass is 369 g/mol. The van der Waals surface area contributed by atoms with Crippen LogP contribution in [-0.2, 0) is 23.0 Å². The summed E-state index contributed by atoms with van der Waals surface area (Å²) >= 11 is 0. The minimum atomic E-state index is -3.59. The number of nitrogens with zero attached hydrogens (tertiary/aromatic N) is 1. The number of sulfonamides is 1. The molecule has 0 spiro atoms. The number of aliphatic hydroxyl groups is 1. The lowest BCUT2D eigenvalue weighted by Gasteiger charge is -2.29. The van der Waals surface area contributed by atoms with E-state index in [1.165, 1.54) is 0 Å². The minimum Gasteiger partial charge on any atom is -0.393 e. The van der Waals surface area contributed by atoms with Gasteiger partial charge in [-0.2, -0.15) is 0 Å². The van der Waals surface area contributed by atoms with Crippen molar-refractivity contribution in [1.29, 1.82) is 0 Å². The first-order valence-corrected chi connectivity index (χ1v) is 10.1. The fraction of sp³-hybridized carbons (Fsp3) is 0.588. The number of rotatable bonds is 7. The summed E-state index contributed by atoms with van der Waals surface area (Å²) in [5.74, 6) is 0. The van der Waals surface area contributed by atoms with Crippen molar-refractivity contribution in [3.8, 4) is 0 Å². The van der Waals surface area contributed by atoms with E-state index < -0.39 is 16.1 Å². The lowest BCUT2D eigenvalue weighted by Crippen LogP contribution is -2.43. The van der Waals surface area contributed by atoms with E-state index in [4.69, 9.17) is 0 Å². The molecule has 1 unspecified atom stereocenters. The Morgan fingerprint density at radius 3 is 2.76 bits per heavy atom. The van der Waals surface area contributed by atoms with E-state index in [0.29, 0.717) is 32.5 Å². The molecule has 1 aliphatic rings. The molecule has 1 aromatic carbocycles. The molecule has 1 aromatic rings. The fourth-order valence-electron chi connectivity index (χ4n) is 2.70. The van der Waals surface area contributed by atoms with E-state index in [2.05, 4.69) is 10.0 Å². The van der Waals surface area contributed by atoms with Gasteiger partial charge in [0.25, 0.3) is 0 Å². The van der Waals surface area contributed by atoms with Crippen LogP contribution in [0.25, 0.3) is 0 Å². The third-order valence-corrected chi connectivity index (χ3v) is 5.63. The van der Waals surface area contributed by atoms with Gasteiger partial charge in [0.1, 0.15) is 0 Å². The molecule has 7 nitrogen and oxygen atoms in total. The van der Waals surface area contributed by atoms with Gasteiger partial charge in [-0.1, -0.05) is 13.0 Å². The maximum Gasteiger partial charge on any atom is 0.317 e. The van der Waals surface area contributed by atoms with Crippen LogP contribution in [0.3, 0.4) is 0 Å². The van der Waals surface area contributed by atoms with Crippen LogP contribution in [0.1, 0.15) is 37.8 Å². The molecule has 2 amide bonds. The van der Waals surface area contributed by atoms with E-state index in [-0.39, 0.29) is 17.5 Å². The third-order valence-electron chi connectivity index (χ3n) is 4.17. The quantitative estimate of drug-likeness (QED) is 0.673. The molecule has 1 atom stereocenters. The zero-order chi connectivity index (χ0) is 18.4. The molecule has 0 aliphatic carbocycles. The normalized spacial score (nSPS) is 15.6. The highest BCUT2D eigenvalue weighted by Crippen LogP contribution is 2.22. The number of carbonyl (C=O) groups is 1. The first kappa shape index (κ1) is 19.7. The van der Waals surface area contributed by atoms with Crippen molar-refractivity contribution >= 4 is 16.1 Å². The van der Waals surface area contributed by atoms with Crippen molar-refractivity contribution in [1.82, 2.24) is 14.9 Å². The van der Waals surface area contributed by atoms with E-state index >= 15 is 0 Å². The zero-order valence-electron chi connectivity index (χ0n) is 14.8. The SMILES string of the molecule is CCCNC(=O)N1CCc2cc(S(=O)(=O)NCCC(C)O)ccc2C1.